The van der Waals surface area contributed by atoms with Gasteiger partial charge < -0.3 is 15.7 Å². The summed E-state index contributed by atoms with van der Waals surface area (Å²) < 4.78 is 0. The summed E-state index contributed by atoms with van der Waals surface area (Å²) >= 11 is 6.04. The van der Waals surface area contributed by atoms with Gasteiger partial charge in [-0.15, -0.1) is 0 Å². The van der Waals surface area contributed by atoms with Crippen LogP contribution < -0.4 is 5.73 Å². The lowest BCUT2D eigenvalue weighted by Crippen LogP contribution is -2.42. The van der Waals surface area contributed by atoms with E-state index in [2.05, 4.69) is 0 Å². The highest BCUT2D eigenvalue weighted by Gasteiger charge is 2.23. The third kappa shape index (κ3) is 3.85. The molecule has 0 unspecified atom stereocenters. The fraction of sp³-hybridized carbons (Fsp3) is 0.500. The molecule has 3 N–H and O–H groups in total. The van der Waals surface area contributed by atoms with Crippen LogP contribution in [0.4, 0.5) is 0 Å². The highest BCUT2D eigenvalue weighted by atomic mass is 35.5. The average Bonchev–Trinajstić information content (AvgIpc) is 2.41. The van der Waals surface area contributed by atoms with E-state index < -0.39 is 0 Å². The van der Waals surface area contributed by atoms with Crippen molar-refractivity contribution >= 4 is 17.5 Å². The Morgan fingerprint density at radius 2 is 2.05 bits per heavy atom. The Balaban J connectivity index is 3.08. The SMILES string of the molecule is CCC(CC)N(CCN)C(=O)c1cc(O)ccc1Cl. The molecule has 1 amide bonds. The predicted molar refractivity (Wildman–Crippen MR) is 77.6 cm³/mol. The Kier molecular flexibility index (Phi) is 6.12. The lowest BCUT2D eigenvalue weighted by molar-refractivity contribution is 0.0674. The summed E-state index contributed by atoms with van der Waals surface area (Å²) in [5.74, 6) is -0.148. The van der Waals surface area contributed by atoms with Crippen LogP contribution >= 0.6 is 11.6 Å². The zero-order valence-corrected chi connectivity index (χ0v) is 12.2. The first-order valence-electron chi connectivity index (χ1n) is 6.54. The first-order valence-corrected chi connectivity index (χ1v) is 6.92. The summed E-state index contributed by atoms with van der Waals surface area (Å²) in [4.78, 5) is 14.3. The molecule has 0 spiro atoms. The summed E-state index contributed by atoms with van der Waals surface area (Å²) in [7, 11) is 0. The molecule has 0 bridgehead atoms. The van der Waals surface area contributed by atoms with Gasteiger partial charge in [-0.2, -0.15) is 0 Å². The first-order chi connectivity index (χ1) is 9.04. The van der Waals surface area contributed by atoms with Gasteiger partial charge in [0.15, 0.2) is 0 Å². The number of carbonyl (C=O) groups is 1. The quantitative estimate of drug-likeness (QED) is 0.844. The second kappa shape index (κ2) is 7.36. The largest absolute Gasteiger partial charge is 0.508 e. The van der Waals surface area contributed by atoms with Crippen LogP contribution in [0.25, 0.3) is 0 Å². The molecule has 0 aliphatic heterocycles. The maximum absolute atomic E-state index is 12.5. The summed E-state index contributed by atoms with van der Waals surface area (Å²) in [5.41, 5.74) is 5.91. The van der Waals surface area contributed by atoms with Crippen molar-refractivity contribution < 1.29 is 9.90 Å². The molecule has 0 aliphatic rings. The van der Waals surface area contributed by atoms with Crippen LogP contribution in [-0.2, 0) is 0 Å². The fourth-order valence-corrected chi connectivity index (χ4v) is 2.35. The van der Waals surface area contributed by atoms with Crippen molar-refractivity contribution in [2.45, 2.75) is 32.7 Å². The number of phenolic OH excluding ortho intramolecular Hbond substituents is 1. The smallest absolute Gasteiger partial charge is 0.255 e. The molecule has 0 aromatic heterocycles. The third-order valence-electron chi connectivity index (χ3n) is 3.19. The molecular formula is C14H21ClN2O2. The summed E-state index contributed by atoms with van der Waals surface area (Å²) in [5, 5.41) is 9.84. The number of halogens is 1. The molecule has 0 saturated heterocycles. The second-order valence-corrected chi connectivity index (χ2v) is 4.83. The molecule has 106 valence electrons. The second-order valence-electron chi connectivity index (χ2n) is 4.42. The molecule has 5 heteroatoms. The van der Waals surface area contributed by atoms with Crippen LogP contribution in [0.3, 0.4) is 0 Å². The molecule has 1 rings (SSSR count). The topological polar surface area (TPSA) is 66.6 Å². The van der Waals surface area contributed by atoms with Gasteiger partial charge in [0.25, 0.3) is 5.91 Å². The molecule has 1 aromatic carbocycles. The fourth-order valence-electron chi connectivity index (χ4n) is 2.15. The number of nitrogens with zero attached hydrogens (tertiary/aromatic N) is 1. The number of rotatable bonds is 6. The average molecular weight is 285 g/mol. The Morgan fingerprint density at radius 1 is 1.42 bits per heavy atom. The van der Waals surface area contributed by atoms with E-state index in [4.69, 9.17) is 17.3 Å². The summed E-state index contributed by atoms with van der Waals surface area (Å²) in [6.45, 7) is 4.96. The Labute approximate surface area is 119 Å². The van der Waals surface area contributed by atoms with Crippen molar-refractivity contribution in [1.29, 1.82) is 0 Å². The minimum Gasteiger partial charge on any atom is -0.508 e. The highest BCUT2D eigenvalue weighted by molar-refractivity contribution is 6.33. The lowest BCUT2D eigenvalue weighted by atomic mass is 10.1. The zero-order chi connectivity index (χ0) is 14.4. The van der Waals surface area contributed by atoms with E-state index in [1.165, 1.54) is 18.2 Å². The summed E-state index contributed by atoms with van der Waals surface area (Å²) in [6, 6.07) is 4.52. The number of hydrogen-bond acceptors (Lipinski definition) is 3. The van der Waals surface area contributed by atoms with Crippen LogP contribution in [0.2, 0.25) is 5.02 Å². The standard InChI is InChI=1S/C14H21ClN2O2/c1-3-10(4-2)17(8-7-16)14(19)12-9-11(18)5-6-13(12)15/h5-6,9-10,18H,3-4,7-8,16H2,1-2H3. The van der Waals surface area contributed by atoms with Crippen molar-refractivity contribution in [3.63, 3.8) is 0 Å². The van der Waals surface area contributed by atoms with Gasteiger partial charge in [0.1, 0.15) is 5.75 Å². The third-order valence-corrected chi connectivity index (χ3v) is 3.52. The van der Waals surface area contributed by atoms with Gasteiger partial charge in [-0.25, -0.2) is 0 Å². The molecule has 0 aliphatic carbocycles. The normalized spacial score (nSPS) is 10.8. The number of hydrogen-bond donors (Lipinski definition) is 2. The molecule has 4 nitrogen and oxygen atoms in total. The Morgan fingerprint density at radius 3 is 2.58 bits per heavy atom. The van der Waals surface area contributed by atoms with E-state index in [0.29, 0.717) is 23.7 Å². The van der Waals surface area contributed by atoms with Crippen molar-refractivity contribution in [3.8, 4) is 5.75 Å². The van der Waals surface area contributed by atoms with Gasteiger partial charge in [0, 0.05) is 19.1 Å². The number of aromatic hydroxyl groups is 1. The summed E-state index contributed by atoms with van der Waals surface area (Å²) in [6.07, 6.45) is 1.72. The molecule has 0 fully saturated rings. The van der Waals surface area contributed by atoms with Crippen molar-refractivity contribution in [2.24, 2.45) is 5.73 Å². The minimum atomic E-state index is -0.181. The number of phenols is 1. The lowest BCUT2D eigenvalue weighted by Gasteiger charge is -2.30. The maximum Gasteiger partial charge on any atom is 0.255 e. The van der Waals surface area contributed by atoms with Gasteiger partial charge in [-0.1, -0.05) is 25.4 Å². The molecule has 19 heavy (non-hydrogen) atoms. The van der Waals surface area contributed by atoms with Gasteiger partial charge in [0.2, 0.25) is 0 Å². The predicted octanol–water partition coefficient (Wildman–Crippen LogP) is 2.64. The van der Waals surface area contributed by atoms with Gasteiger partial charge in [-0.05, 0) is 31.0 Å². The Hall–Kier alpha value is -1.26. The first kappa shape index (κ1) is 15.8. The van der Waals surface area contributed by atoms with Crippen molar-refractivity contribution in [1.82, 2.24) is 4.90 Å². The number of amides is 1. The number of carbonyl (C=O) groups excluding carboxylic acids is 1. The Bertz CT molecular complexity index is 433. The maximum atomic E-state index is 12.5. The molecule has 0 radical (unpaired) electrons. The van der Waals surface area contributed by atoms with E-state index in [1.807, 2.05) is 13.8 Å². The van der Waals surface area contributed by atoms with Crippen LogP contribution in [-0.4, -0.2) is 35.0 Å². The van der Waals surface area contributed by atoms with E-state index in [-0.39, 0.29) is 17.7 Å². The monoisotopic (exact) mass is 284 g/mol. The van der Waals surface area contributed by atoms with Crippen molar-refractivity contribution in [3.05, 3.63) is 28.8 Å². The minimum absolute atomic E-state index is 0.0324. The molecule has 0 heterocycles. The molecular weight excluding hydrogens is 264 g/mol. The highest BCUT2D eigenvalue weighted by Crippen LogP contribution is 2.24. The molecule has 0 saturated carbocycles. The van der Waals surface area contributed by atoms with Crippen LogP contribution in [0.5, 0.6) is 5.75 Å². The van der Waals surface area contributed by atoms with E-state index in [1.54, 1.807) is 4.90 Å². The van der Waals surface area contributed by atoms with Gasteiger partial charge >= 0.3 is 0 Å². The zero-order valence-electron chi connectivity index (χ0n) is 11.4. The van der Waals surface area contributed by atoms with Crippen molar-refractivity contribution in [2.75, 3.05) is 13.1 Å². The van der Waals surface area contributed by atoms with E-state index in [0.717, 1.165) is 12.8 Å². The number of nitrogens with two attached hydrogens (primary N) is 1. The van der Waals surface area contributed by atoms with Gasteiger partial charge in [0.05, 0.1) is 10.6 Å². The molecule has 0 atom stereocenters. The van der Waals surface area contributed by atoms with Crippen LogP contribution in [0.1, 0.15) is 37.0 Å². The molecule has 1 aromatic rings. The van der Waals surface area contributed by atoms with Crippen LogP contribution in [0.15, 0.2) is 18.2 Å². The number of benzene rings is 1. The van der Waals surface area contributed by atoms with E-state index >= 15 is 0 Å². The van der Waals surface area contributed by atoms with Gasteiger partial charge in [-0.3, -0.25) is 4.79 Å². The van der Waals surface area contributed by atoms with E-state index in [9.17, 15) is 9.90 Å². The van der Waals surface area contributed by atoms with Crippen LogP contribution in [0, 0.1) is 0 Å².